The summed E-state index contributed by atoms with van der Waals surface area (Å²) in [6.07, 6.45) is 0.847. The molecule has 2 rings (SSSR count). The number of benzene rings is 1. The van der Waals surface area contributed by atoms with Gasteiger partial charge in [0.25, 0.3) is 0 Å². The van der Waals surface area contributed by atoms with E-state index < -0.39 is 17.5 Å². The first-order valence-electron chi connectivity index (χ1n) is 8.10. The Morgan fingerprint density at radius 3 is 2.58 bits per heavy atom. The van der Waals surface area contributed by atoms with Gasteiger partial charge in [0.05, 0.1) is 0 Å². The summed E-state index contributed by atoms with van der Waals surface area (Å²) >= 11 is 1.46. The second-order valence-electron chi connectivity index (χ2n) is 7.63. The van der Waals surface area contributed by atoms with Crippen molar-refractivity contribution in [1.29, 1.82) is 0 Å². The van der Waals surface area contributed by atoms with E-state index in [1.807, 2.05) is 6.07 Å². The number of rotatable bonds is 3. The van der Waals surface area contributed by atoms with Gasteiger partial charge in [0, 0.05) is 16.5 Å². The lowest BCUT2D eigenvalue weighted by atomic mass is 10.1. The molecule has 0 aliphatic heterocycles. The third-order valence-electron chi connectivity index (χ3n) is 2.78. The van der Waals surface area contributed by atoms with Crippen LogP contribution in [0, 0.1) is 0 Å². The maximum absolute atomic E-state index is 12.0. The lowest BCUT2D eigenvalue weighted by molar-refractivity contribution is 0.0503. The predicted molar refractivity (Wildman–Crippen MR) is 103 cm³/mol. The van der Waals surface area contributed by atoms with E-state index in [0.29, 0.717) is 10.2 Å². The molecule has 0 saturated carbocycles. The lowest BCUT2D eigenvalue weighted by Crippen LogP contribution is -2.32. The molecular formula is C18H23N3O4S. The Bertz CT molecular complexity index is 870. The zero-order valence-electron chi connectivity index (χ0n) is 15.8. The van der Waals surface area contributed by atoms with Crippen molar-refractivity contribution >= 4 is 24.3 Å². The highest BCUT2D eigenvalue weighted by Gasteiger charge is 2.23. The molecular weight excluding hydrogens is 354 g/mol. The van der Waals surface area contributed by atoms with Crippen molar-refractivity contribution in [1.82, 2.24) is 9.78 Å². The van der Waals surface area contributed by atoms with E-state index in [1.165, 1.54) is 11.9 Å². The zero-order valence-corrected chi connectivity index (χ0v) is 16.6. The van der Waals surface area contributed by atoms with Crippen LogP contribution in [0.25, 0.3) is 11.5 Å². The lowest BCUT2D eigenvalue weighted by Gasteiger charge is -2.17. The van der Waals surface area contributed by atoms with Crippen LogP contribution in [0.2, 0.25) is 0 Å². The topological polar surface area (TPSA) is 86.7 Å². The highest BCUT2D eigenvalue weighted by atomic mass is 32.2. The molecule has 8 heteroatoms. The van der Waals surface area contributed by atoms with Crippen molar-refractivity contribution in [2.24, 2.45) is 4.40 Å². The molecule has 0 unspecified atom stereocenters. The van der Waals surface area contributed by atoms with E-state index in [-0.39, 0.29) is 10.6 Å². The highest BCUT2D eigenvalue weighted by Crippen LogP contribution is 2.24. The second kappa shape index (κ2) is 7.49. The molecule has 1 heterocycles. The number of aromatic nitrogens is 2. The Kier molecular flexibility index (Phi) is 5.75. The fourth-order valence-corrected chi connectivity index (χ4v) is 2.30. The van der Waals surface area contributed by atoms with Gasteiger partial charge in [-0.25, -0.2) is 14.0 Å². The molecule has 26 heavy (non-hydrogen) atoms. The minimum absolute atomic E-state index is 0.0209. The van der Waals surface area contributed by atoms with Crippen molar-refractivity contribution in [2.75, 3.05) is 0 Å². The van der Waals surface area contributed by atoms with Gasteiger partial charge in [-0.3, -0.25) is 0 Å². The van der Waals surface area contributed by atoms with E-state index in [1.54, 1.807) is 45.2 Å². The minimum atomic E-state index is -0.892. The van der Waals surface area contributed by atoms with Gasteiger partial charge in [-0.1, -0.05) is 16.8 Å². The Morgan fingerprint density at radius 2 is 1.96 bits per heavy atom. The summed E-state index contributed by atoms with van der Waals surface area (Å²) in [6.45, 7) is 11.3. The molecule has 0 bridgehead atoms. The van der Waals surface area contributed by atoms with Crippen LogP contribution in [0.4, 0.5) is 4.79 Å². The van der Waals surface area contributed by atoms with Crippen LogP contribution in [0.1, 0.15) is 47.1 Å². The average Bonchev–Trinajstić information content (AvgIpc) is 2.87. The molecule has 0 saturated heterocycles. The third kappa shape index (κ3) is 5.87. The first-order valence-corrected chi connectivity index (χ1v) is 8.87. The molecule has 0 aliphatic rings. The van der Waals surface area contributed by atoms with Crippen LogP contribution in [-0.4, -0.2) is 32.4 Å². The number of hydrogen-bond donors (Lipinski definition) is 0. The molecule has 0 aliphatic carbocycles. The third-order valence-corrected chi connectivity index (χ3v) is 3.53. The fourth-order valence-electron chi connectivity index (χ4n) is 1.81. The molecule has 0 atom stereocenters. The zero-order chi connectivity index (χ0) is 19.5. The van der Waals surface area contributed by atoms with Crippen LogP contribution in [-0.2, 0) is 4.74 Å². The number of nitrogens with zero attached hydrogens (tertiary/aromatic N) is 3. The van der Waals surface area contributed by atoms with Crippen molar-refractivity contribution in [3.05, 3.63) is 40.4 Å². The fraction of sp³-hybridized carbons (Fsp3) is 0.444. The Hall–Kier alpha value is -2.35. The summed E-state index contributed by atoms with van der Waals surface area (Å²) in [7, 11) is 0. The van der Waals surface area contributed by atoms with Crippen molar-refractivity contribution in [3.8, 4) is 11.5 Å². The van der Waals surface area contributed by atoms with Crippen molar-refractivity contribution in [2.45, 2.75) is 51.9 Å². The molecule has 0 fully saturated rings. The summed E-state index contributed by atoms with van der Waals surface area (Å²) in [5.41, 5.74) is 0.652. The largest absolute Gasteiger partial charge is 0.447 e. The van der Waals surface area contributed by atoms with Gasteiger partial charge in [0.1, 0.15) is 5.60 Å². The molecule has 0 amide bonds. The molecule has 1 aromatic heterocycles. The van der Waals surface area contributed by atoms with E-state index in [9.17, 15) is 9.59 Å². The molecule has 2 aromatic rings. The molecule has 0 radical (unpaired) electrons. The quantitative estimate of drug-likeness (QED) is 0.590. The summed E-state index contributed by atoms with van der Waals surface area (Å²) < 4.78 is 15.2. The molecule has 140 valence electrons. The number of carbonyl (C=O) groups excluding carboxylic acids is 1. The Balaban J connectivity index is 2.25. The van der Waals surface area contributed by atoms with Crippen molar-refractivity contribution < 1.29 is 13.9 Å². The van der Waals surface area contributed by atoms with Gasteiger partial charge in [0.15, 0.2) is 0 Å². The van der Waals surface area contributed by atoms with Crippen LogP contribution >= 0.6 is 11.9 Å². The Morgan fingerprint density at radius 1 is 1.27 bits per heavy atom. The summed E-state index contributed by atoms with van der Waals surface area (Å²) in [6, 6.07) is 7.18. The minimum Gasteiger partial charge on any atom is -0.442 e. The van der Waals surface area contributed by atoms with E-state index in [4.69, 9.17) is 9.15 Å². The number of ether oxygens (including phenoxy) is 1. The maximum Gasteiger partial charge on any atom is 0.447 e. The van der Waals surface area contributed by atoms with Gasteiger partial charge in [-0.05, 0) is 71.2 Å². The first kappa shape index (κ1) is 20.0. The van der Waals surface area contributed by atoms with Gasteiger partial charge in [-0.2, -0.15) is 0 Å². The van der Waals surface area contributed by atoms with Gasteiger partial charge < -0.3 is 9.15 Å². The van der Waals surface area contributed by atoms with E-state index in [0.717, 1.165) is 5.56 Å². The molecule has 1 aromatic carbocycles. The van der Waals surface area contributed by atoms with E-state index >= 15 is 0 Å². The van der Waals surface area contributed by atoms with Gasteiger partial charge >= 0.3 is 11.8 Å². The average molecular weight is 377 g/mol. The molecule has 7 nitrogen and oxygen atoms in total. The van der Waals surface area contributed by atoms with Gasteiger partial charge in [-0.15, -0.1) is 5.10 Å². The number of carbonyl (C=O) groups is 1. The van der Waals surface area contributed by atoms with Crippen LogP contribution < -0.4 is 5.76 Å². The second-order valence-corrected chi connectivity index (χ2v) is 9.25. The van der Waals surface area contributed by atoms with Crippen molar-refractivity contribution in [3.63, 3.8) is 0 Å². The van der Waals surface area contributed by atoms with Crippen LogP contribution in [0.3, 0.4) is 0 Å². The molecule has 0 spiro atoms. The smallest absolute Gasteiger partial charge is 0.442 e. The summed E-state index contributed by atoms with van der Waals surface area (Å²) in [5.74, 6) is -0.851. The number of hydrogen-bond acceptors (Lipinski definition) is 7. The van der Waals surface area contributed by atoms with E-state index in [2.05, 4.69) is 30.3 Å². The monoisotopic (exact) mass is 377 g/mol. The maximum atomic E-state index is 12.0. The van der Waals surface area contributed by atoms with Gasteiger partial charge in [0.2, 0.25) is 5.89 Å². The Labute approximate surface area is 156 Å². The SMILES string of the molecule is CC(C)(C)OC(=O)n1nc(-c2cccc(C=NSC(C)(C)C)c2)oc1=O. The van der Waals surface area contributed by atoms with Crippen LogP contribution in [0.5, 0.6) is 0 Å². The standard InChI is InChI=1S/C18H23N3O4S/c1-17(2,3)25-16(23)21-15(22)24-14(20-21)13-9-7-8-12(10-13)11-19-26-18(4,5)6/h7-11H,1-6H3. The van der Waals surface area contributed by atoms with Crippen LogP contribution in [0.15, 0.2) is 37.9 Å². The summed E-state index contributed by atoms with van der Waals surface area (Å²) in [5, 5.41) is 3.94. The molecule has 0 N–H and O–H groups in total. The first-order chi connectivity index (χ1) is 11.9. The highest BCUT2D eigenvalue weighted by molar-refractivity contribution is 7.99. The summed E-state index contributed by atoms with van der Waals surface area (Å²) in [4.78, 5) is 23.9. The normalized spacial score (nSPS) is 12.5. The predicted octanol–water partition coefficient (Wildman–Crippen LogP) is 4.15.